The molecule has 2 N–H and O–H groups in total. The molecule has 0 unspecified atom stereocenters. The van der Waals surface area contributed by atoms with Crippen molar-refractivity contribution in [3.8, 4) is 0 Å². The van der Waals surface area contributed by atoms with Gasteiger partial charge >= 0.3 is 0 Å². The summed E-state index contributed by atoms with van der Waals surface area (Å²) in [6.07, 6.45) is 3.12. The van der Waals surface area contributed by atoms with Gasteiger partial charge in [0, 0.05) is 12.3 Å². The molecule has 1 aromatic carbocycles. The Hall–Kier alpha value is -1.33. The molecule has 0 aliphatic carbocycles. The molecular formula is C11H11FN2OS. The van der Waals surface area contributed by atoms with Crippen LogP contribution in [0.25, 0.3) is 0 Å². The quantitative estimate of drug-likeness (QED) is 0.832. The largest absolute Gasteiger partial charge is 0.440 e. The zero-order valence-electron chi connectivity index (χ0n) is 8.52. The number of nitrogens with two attached hydrogens (primary N) is 1. The van der Waals surface area contributed by atoms with Gasteiger partial charge in [0.25, 0.3) is 5.22 Å². The fourth-order valence-electron chi connectivity index (χ4n) is 1.35. The minimum absolute atomic E-state index is 0.259. The van der Waals surface area contributed by atoms with Crippen LogP contribution in [0.1, 0.15) is 11.1 Å². The van der Waals surface area contributed by atoms with Gasteiger partial charge in [-0.15, -0.1) is 0 Å². The number of oxazole rings is 1. The van der Waals surface area contributed by atoms with E-state index in [2.05, 4.69) is 4.98 Å². The molecule has 2 rings (SSSR count). The third-order valence-corrected chi connectivity index (χ3v) is 3.05. The molecule has 0 fully saturated rings. The Kier molecular flexibility index (Phi) is 3.58. The van der Waals surface area contributed by atoms with Gasteiger partial charge in [0.15, 0.2) is 0 Å². The molecular weight excluding hydrogens is 227 g/mol. The number of rotatable bonds is 4. The number of hydrogen-bond donors (Lipinski definition) is 1. The maximum Gasteiger partial charge on any atom is 0.255 e. The molecule has 0 bridgehead atoms. The zero-order chi connectivity index (χ0) is 11.4. The molecule has 0 amide bonds. The van der Waals surface area contributed by atoms with Gasteiger partial charge in [0.1, 0.15) is 12.1 Å². The smallest absolute Gasteiger partial charge is 0.255 e. The Labute approximate surface area is 96.9 Å². The van der Waals surface area contributed by atoms with Crippen molar-refractivity contribution in [3.63, 3.8) is 0 Å². The van der Waals surface area contributed by atoms with Crippen LogP contribution in [0, 0.1) is 5.82 Å². The molecule has 0 aliphatic rings. The monoisotopic (exact) mass is 238 g/mol. The molecule has 0 saturated heterocycles. The van der Waals surface area contributed by atoms with Crippen molar-refractivity contribution in [3.05, 3.63) is 47.6 Å². The van der Waals surface area contributed by atoms with E-state index in [0.717, 1.165) is 11.1 Å². The van der Waals surface area contributed by atoms with Crippen molar-refractivity contribution in [2.75, 3.05) is 0 Å². The number of aromatic nitrogens is 1. The highest BCUT2D eigenvalue weighted by atomic mass is 32.2. The van der Waals surface area contributed by atoms with E-state index in [0.29, 0.717) is 17.5 Å². The molecule has 0 radical (unpaired) electrons. The van der Waals surface area contributed by atoms with Crippen molar-refractivity contribution < 1.29 is 8.81 Å². The third kappa shape index (κ3) is 2.62. The van der Waals surface area contributed by atoms with Crippen LogP contribution in [0.5, 0.6) is 0 Å². The molecule has 0 aliphatic heterocycles. The van der Waals surface area contributed by atoms with Crippen LogP contribution in [0.3, 0.4) is 0 Å². The summed E-state index contributed by atoms with van der Waals surface area (Å²) in [7, 11) is 0. The second-order valence-electron chi connectivity index (χ2n) is 3.20. The first kappa shape index (κ1) is 11.2. The summed E-state index contributed by atoms with van der Waals surface area (Å²) in [5, 5.41) is 0.604. The van der Waals surface area contributed by atoms with Crippen molar-refractivity contribution in [1.29, 1.82) is 0 Å². The van der Waals surface area contributed by atoms with Gasteiger partial charge in [-0.2, -0.15) is 0 Å². The predicted octanol–water partition coefficient (Wildman–Crippen LogP) is 2.56. The number of nitrogens with zero attached hydrogens (tertiary/aromatic N) is 1. The van der Waals surface area contributed by atoms with E-state index in [4.69, 9.17) is 10.2 Å². The summed E-state index contributed by atoms with van der Waals surface area (Å²) < 4.78 is 18.1. The maximum absolute atomic E-state index is 13.0. The lowest BCUT2D eigenvalue weighted by atomic mass is 10.1. The van der Waals surface area contributed by atoms with E-state index in [1.54, 1.807) is 12.3 Å². The third-order valence-electron chi connectivity index (χ3n) is 2.15. The number of thioether (sulfide) groups is 1. The highest BCUT2D eigenvalue weighted by Gasteiger charge is 2.05. The first-order valence-electron chi connectivity index (χ1n) is 4.79. The Bertz CT molecular complexity index is 459. The topological polar surface area (TPSA) is 52.0 Å². The molecule has 5 heteroatoms. The van der Waals surface area contributed by atoms with Gasteiger partial charge in [-0.05, 0) is 23.3 Å². The molecule has 16 heavy (non-hydrogen) atoms. The van der Waals surface area contributed by atoms with Gasteiger partial charge in [0.2, 0.25) is 0 Å². The van der Waals surface area contributed by atoms with Crippen LogP contribution in [-0.2, 0) is 12.3 Å². The molecule has 2 aromatic rings. The van der Waals surface area contributed by atoms with Gasteiger partial charge in [-0.3, -0.25) is 0 Å². The van der Waals surface area contributed by atoms with Crippen LogP contribution in [0.2, 0.25) is 0 Å². The van der Waals surface area contributed by atoms with Crippen molar-refractivity contribution in [2.45, 2.75) is 17.5 Å². The molecule has 1 aromatic heterocycles. The average molecular weight is 238 g/mol. The Morgan fingerprint density at radius 3 is 2.94 bits per heavy atom. The second kappa shape index (κ2) is 5.14. The summed E-state index contributed by atoms with van der Waals surface area (Å²) in [5.41, 5.74) is 7.38. The van der Waals surface area contributed by atoms with E-state index < -0.39 is 0 Å². The van der Waals surface area contributed by atoms with Gasteiger partial charge in [0.05, 0.1) is 6.20 Å². The van der Waals surface area contributed by atoms with Gasteiger partial charge in [-0.1, -0.05) is 17.8 Å². The van der Waals surface area contributed by atoms with Crippen molar-refractivity contribution in [2.24, 2.45) is 5.73 Å². The van der Waals surface area contributed by atoms with Gasteiger partial charge in [-0.25, -0.2) is 9.37 Å². The van der Waals surface area contributed by atoms with E-state index in [1.165, 1.54) is 30.2 Å². The van der Waals surface area contributed by atoms with E-state index in [-0.39, 0.29) is 5.82 Å². The minimum Gasteiger partial charge on any atom is -0.440 e. The molecule has 84 valence electrons. The molecule has 3 nitrogen and oxygen atoms in total. The summed E-state index contributed by atoms with van der Waals surface area (Å²) in [6, 6.07) is 4.64. The standard InChI is InChI=1S/C11H11FN2OS/c12-10-2-1-8(9(5-10)6-13)7-16-11-14-3-4-15-11/h1-5H,6-7,13H2. The molecule has 0 spiro atoms. The van der Waals surface area contributed by atoms with E-state index >= 15 is 0 Å². The molecule has 0 atom stereocenters. The van der Waals surface area contributed by atoms with Crippen LogP contribution >= 0.6 is 11.8 Å². The lowest BCUT2D eigenvalue weighted by Crippen LogP contribution is -2.01. The first-order chi connectivity index (χ1) is 7.79. The maximum atomic E-state index is 13.0. The second-order valence-corrected chi connectivity index (χ2v) is 4.13. The summed E-state index contributed by atoms with van der Waals surface area (Å²) in [4.78, 5) is 4.00. The highest BCUT2D eigenvalue weighted by molar-refractivity contribution is 7.98. The van der Waals surface area contributed by atoms with Crippen LogP contribution < -0.4 is 5.73 Å². The summed E-state index contributed by atoms with van der Waals surface area (Å²) in [5.74, 6) is 0.415. The minimum atomic E-state index is -0.259. The average Bonchev–Trinajstić information content (AvgIpc) is 2.80. The fourth-order valence-corrected chi connectivity index (χ4v) is 2.17. The molecule has 0 saturated carbocycles. The predicted molar refractivity (Wildman–Crippen MR) is 60.4 cm³/mol. The van der Waals surface area contributed by atoms with Crippen LogP contribution in [0.15, 0.2) is 40.3 Å². The van der Waals surface area contributed by atoms with Crippen LogP contribution in [0.4, 0.5) is 4.39 Å². The fraction of sp³-hybridized carbons (Fsp3) is 0.182. The number of hydrogen-bond acceptors (Lipinski definition) is 4. The van der Waals surface area contributed by atoms with E-state index in [9.17, 15) is 4.39 Å². The highest BCUT2D eigenvalue weighted by Crippen LogP contribution is 2.23. The zero-order valence-corrected chi connectivity index (χ0v) is 9.34. The Balaban J connectivity index is 2.09. The summed E-state index contributed by atoms with van der Waals surface area (Å²) in [6.45, 7) is 0.333. The normalized spacial score (nSPS) is 10.6. The summed E-state index contributed by atoms with van der Waals surface area (Å²) >= 11 is 1.46. The Morgan fingerprint density at radius 1 is 1.38 bits per heavy atom. The first-order valence-corrected chi connectivity index (χ1v) is 5.78. The number of halogens is 1. The Morgan fingerprint density at radius 2 is 2.25 bits per heavy atom. The van der Waals surface area contributed by atoms with Gasteiger partial charge < -0.3 is 10.2 Å². The molecule has 1 heterocycles. The van der Waals surface area contributed by atoms with Crippen molar-refractivity contribution >= 4 is 11.8 Å². The van der Waals surface area contributed by atoms with Crippen molar-refractivity contribution in [1.82, 2.24) is 4.98 Å². The number of benzene rings is 1. The van der Waals surface area contributed by atoms with Crippen LogP contribution in [-0.4, -0.2) is 4.98 Å². The lowest BCUT2D eigenvalue weighted by Gasteiger charge is -2.06. The van der Waals surface area contributed by atoms with E-state index in [1.807, 2.05) is 0 Å². The SMILES string of the molecule is NCc1cc(F)ccc1CSc1ncco1. The lowest BCUT2D eigenvalue weighted by molar-refractivity contribution is 0.454.